The summed E-state index contributed by atoms with van der Waals surface area (Å²) < 4.78 is 0. The van der Waals surface area contributed by atoms with Crippen LogP contribution in [0, 0.1) is 62.6 Å². The van der Waals surface area contributed by atoms with E-state index in [1.165, 1.54) is 12.8 Å². The van der Waals surface area contributed by atoms with Gasteiger partial charge in [-0.15, -0.1) is 0 Å². The Morgan fingerprint density at radius 1 is 0.732 bits per heavy atom. The van der Waals surface area contributed by atoms with Crippen LogP contribution in [0.1, 0.15) is 119 Å². The van der Waals surface area contributed by atoms with E-state index in [1.807, 2.05) is 0 Å². The molecule has 5 aliphatic rings. The molecule has 0 aromatic heterocycles. The Kier molecular flexibility index (Phi) is 8.38. The molecule has 5 aliphatic carbocycles. The third-order valence-corrected chi connectivity index (χ3v) is 15.2. The lowest BCUT2D eigenvalue weighted by atomic mass is 9.31. The zero-order valence-electron chi connectivity index (χ0n) is 27.0. The second-order valence-corrected chi connectivity index (χ2v) is 17.5. The summed E-state index contributed by atoms with van der Waals surface area (Å²) in [5.74, 6) is 2.35. The number of rotatable bonds is 7. The topological polar surface area (TPSA) is 121 Å². The third kappa shape index (κ3) is 4.62. The minimum Gasteiger partial charge on any atom is -0.394 e. The number of aliphatic hydroxyl groups is 6. The average Bonchev–Trinajstić information content (AvgIpc) is 3.23. The number of hydrogen-bond acceptors (Lipinski definition) is 6. The summed E-state index contributed by atoms with van der Waals surface area (Å²) in [6.45, 7) is 16.3. The Morgan fingerprint density at radius 2 is 1.41 bits per heavy atom. The van der Waals surface area contributed by atoms with Gasteiger partial charge in [-0.3, -0.25) is 0 Å². The Morgan fingerprint density at radius 3 is 2.07 bits per heavy atom. The molecule has 0 heterocycles. The summed E-state index contributed by atoms with van der Waals surface area (Å²) in [5, 5.41) is 63.6. The summed E-state index contributed by atoms with van der Waals surface area (Å²) in [6.07, 6.45) is 6.56. The highest BCUT2D eigenvalue weighted by Crippen LogP contribution is 2.78. The minimum absolute atomic E-state index is 0.0545. The standard InChI is InChI=1S/C35H62O6/c1-20(9-10-23(37)28(41)26(40)19-36)21-11-15-32(4)22(21)12-16-34(6)27(32)17-24(38)30-33(5)14-8-13-31(2,3)29(33)25(39)18-35(30,34)7/h20-30,36-41H,8-19H2,1-7H3/t20?,21-,22+,23?,24?,25?,26?,27-,28?,29+,30-,32+,33+,34-,35-/m1/s1. The first kappa shape index (κ1) is 32.2. The van der Waals surface area contributed by atoms with Crippen molar-refractivity contribution in [3.8, 4) is 0 Å². The second-order valence-electron chi connectivity index (χ2n) is 17.5. The molecule has 5 rings (SSSR count). The van der Waals surface area contributed by atoms with Crippen LogP contribution >= 0.6 is 0 Å². The highest BCUT2D eigenvalue weighted by atomic mass is 16.4. The quantitative estimate of drug-likeness (QED) is 0.255. The Balaban J connectivity index is 1.38. The van der Waals surface area contributed by atoms with Crippen LogP contribution in [0.15, 0.2) is 0 Å². The number of hydrogen-bond donors (Lipinski definition) is 6. The molecule has 5 saturated carbocycles. The van der Waals surface area contributed by atoms with E-state index >= 15 is 0 Å². The van der Waals surface area contributed by atoms with Gasteiger partial charge in [-0.1, -0.05) is 54.9 Å². The summed E-state index contributed by atoms with van der Waals surface area (Å²) in [4.78, 5) is 0. The first-order valence-corrected chi connectivity index (χ1v) is 17.0. The van der Waals surface area contributed by atoms with Gasteiger partial charge in [0.2, 0.25) is 0 Å². The normalized spacial score (nSPS) is 51.9. The van der Waals surface area contributed by atoms with E-state index in [0.717, 1.165) is 51.4 Å². The van der Waals surface area contributed by atoms with Crippen molar-refractivity contribution in [2.24, 2.45) is 62.6 Å². The van der Waals surface area contributed by atoms with E-state index in [4.69, 9.17) is 5.11 Å². The van der Waals surface area contributed by atoms with Gasteiger partial charge in [-0.05, 0) is 127 Å². The highest BCUT2D eigenvalue weighted by molar-refractivity contribution is 5.22. The summed E-state index contributed by atoms with van der Waals surface area (Å²) in [7, 11) is 0. The largest absolute Gasteiger partial charge is 0.394 e. The van der Waals surface area contributed by atoms with Gasteiger partial charge in [0.05, 0.1) is 24.9 Å². The molecule has 0 aromatic rings. The van der Waals surface area contributed by atoms with Crippen molar-refractivity contribution >= 4 is 0 Å². The van der Waals surface area contributed by atoms with Crippen molar-refractivity contribution in [3.05, 3.63) is 0 Å². The lowest BCUT2D eigenvalue weighted by Crippen LogP contribution is -2.71. The van der Waals surface area contributed by atoms with E-state index < -0.39 is 24.9 Å². The maximum atomic E-state index is 12.2. The van der Waals surface area contributed by atoms with E-state index in [9.17, 15) is 25.5 Å². The van der Waals surface area contributed by atoms with Crippen LogP contribution < -0.4 is 0 Å². The highest BCUT2D eigenvalue weighted by Gasteiger charge is 2.73. The number of fused-ring (bicyclic) bond motifs is 7. The summed E-state index contributed by atoms with van der Waals surface area (Å²) in [6, 6.07) is 0. The molecule has 0 aromatic carbocycles. The van der Waals surface area contributed by atoms with Crippen molar-refractivity contribution in [2.75, 3.05) is 6.61 Å². The van der Waals surface area contributed by atoms with Crippen molar-refractivity contribution in [2.45, 2.75) is 150 Å². The van der Waals surface area contributed by atoms with Gasteiger partial charge in [0.1, 0.15) is 12.2 Å². The van der Waals surface area contributed by atoms with Gasteiger partial charge in [-0.25, -0.2) is 0 Å². The molecule has 238 valence electrons. The molecule has 6 nitrogen and oxygen atoms in total. The van der Waals surface area contributed by atoms with Gasteiger partial charge >= 0.3 is 0 Å². The van der Waals surface area contributed by atoms with Crippen LogP contribution in [0.5, 0.6) is 0 Å². The van der Waals surface area contributed by atoms with Crippen molar-refractivity contribution in [1.82, 2.24) is 0 Å². The van der Waals surface area contributed by atoms with Gasteiger partial charge in [0, 0.05) is 0 Å². The van der Waals surface area contributed by atoms with Crippen molar-refractivity contribution in [1.29, 1.82) is 0 Å². The predicted octanol–water partition coefficient (Wildman–Crippen LogP) is 4.91. The maximum absolute atomic E-state index is 12.2. The zero-order valence-corrected chi connectivity index (χ0v) is 27.0. The molecule has 6 unspecified atom stereocenters. The molecule has 0 amide bonds. The SMILES string of the molecule is CC(CCC(O)C(O)C(O)CO)[C@H]1CC[C@]2(C)[C@H]3CC(O)[C@@H]4[C@@]5(C)CCCC(C)(C)[C@@H]5C(O)C[C@@]4(C)[C@]3(C)CC[C@@H]12. The summed E-state index contributed by atoms with van der Waals surface area (Å²) in [5.41, 5.74) is 0.127. The molecule has 15 atom stereocenters. The van der Waals surface area contributed by atoms with E-state index in [-0.39, 0.29) is 51.1 Å². The molecule has 0 aliphatic heterocycles. The fraction of sp³-hybridized carbons (Fsp3) is 1.00. The van der Waals surface area contributed by atoms with Gasteiger partial charge in [0.25, 0.3) is 0 Å². The number of aliphatic hydroxyl groups excluding tert-OH is 6. The summed E-state index contributed by atoms with van der Waals surface area (Å²) >= 11 is 0. The molecular weight excluding hydrogens is 516 g/mol. The first-order valence-electron chi connectivity index (χ1n) is 17.0. The molecule has 0 saturated heterocycles. The smallest absolute Gasteiger partial charge is 0.108 e. The molecule has 6 N–H and O–H groups in total. The average molecular weight is 579 g/mol. The fourth-order valence-electron chi connectivity index (χ4n) is 13.4. The monoisotopic (exact) mass is 578 g/mol. The molecule has 6 heteroatoms. The maximum Gasteiger partial charge on any atom is 0.108 e. The van der Waals surface area contributed by atoms with E-state index in [0.29, 0.717) is 30.1 Å². The van der Waals surface area contributed by atoms with Gasteiger partial charge < -0.3 is 30.6 Å². The Labute approximate surface area is 249 Å². The van der Waals surface area contributed by atoms with Crippen LogP contribution in [-0.4, -0.2) is 67.8 Å². The van der Waals surface area contributed by atoms with E-state index in [2.05, 4.69) is 48.5 Å². The van der Waals surface area contributed by atoms with E-state index in [1.54, 1.807) is 0 Å². The lowest BCUT2D eigenvalue weighted by Gasteiger charge is -2.74. The Hall–Kier alpha value is -0.240. The Bertz CT molecular complexity index is 955. The predicted molar refractivity (Wildman–Crippen MR) is 161 cm³/mol. The van der Waals surface area contributed by atoms with Gasteiger partial charge in [-0.2, -0.15) is 0 Å². The third-order valence-electron chi connectivity index (χ3n) is 15.2. The molecule has 5 fully saturated rings. The molecular formula is C35H62O6. The van der Waals surface area contributed by atoms with Crippen LogP contribution in [0.4, 0.5) is 0 Å². The van der Waals surface area contributed by atoms with Crippen LogP contribution in [0.3, 0.4) is 0 Å². The van der Waals surface area contributed by atoms with Crippen LogP contribution in [0.2, 0.25) is 0 Å². The van der Waals surface area contributed by atoms with Gasteiger partial charge in [0.15, 0.2) is 0 Å². The molecule has 0 radical (unpaired) electrons. The fourth-order valence-corrected chi connectivity index (χ4v) is 13.4. The van der Waals surface area contributed by atoms with Crippen molar-refractivity contribution < 1.29 is 30.6 Å². The molecule has 41 heavy (non-hydrogen) atoms. The zero-order chi connectivity index (χ0) is 30.3. The minimum atomic E-state index is -1.32. The first-order chi connectivity index (χ1) is 19.0. The van der Waals surface area contributed by atoms with Crippen LogP contribution in [0.25, 0.3) is 0 Å². The molecule has 0 bridgehead atoms. The van der Waals surface area contributed by atoms with Crippen LogP contribution in [-0.2, 0) is 0 Å². The second kappa shape index (κ2) is 10.7. The lowest BCUT2D eigenvalue weighted by molar-refractivity contribution is -0.294. The van der Waals surface area contributed by atoms with Crippen molar-refractivity contribution in [3.63, 3.8) is 0 Å². The molecule has 0 spiro atoms.